The van der Waals surface area contributed by atoms with Crippen molar-refractivity contribution in [3.05, 3.63) is 62.0 Å². The standard InChI is InChI=1S/C19H18BrCl2F3N2O3S/c1-31(30)9-17(28)26-8-11-2-3-15(7-16(11)20)27-10-18(29,19(23,24)25)12-4-13(21)6-14(22)5-12/h2-7,27,29H,8-10H2,1H3,(H,26,28)/t18-,31-/m1/s1. The molecule has 2 aromatic carbocycles. The summed E-state index contributed by atoms with van der Waals surface area (Å²) in [6.45, 7) is -0.748. The number of carbonyl (C=O) groups excluding carboxylic acids is 1. The van der Waals surface area contributed by atoms with E-state index in [9.17, 15) is 27.3 Å². The van der Waals surface area contributed by atoms with Gasteiger partial charge in [-0.25, -0.2) is 0 Å². The molecule has 0 unspecified atom stereocenters. The maximum absolute atomic E-state index is 13.7. The molecule has 0 aliphatic heterocycles. The van der Waals surface area contributed by atoms with Gasteiger partial charge in [0.2, 0.25) is 11.5 Å². The van der Waals surface area contributed by atoms with Gasteiger partial charge in [0.05, 0.1) is 6.54 Å². The highest BCUT2D eigenvalue weighted by Crippen LogP contribution is 2.41. The topological polar surface area (TPSA) is 78.4 Å². The van der Waals surface area contributed by atoms with Crippen molar-refractivity contribution in [1.29, 1.82) is 0 Å². The largest absolute Gasteiger partial charge is 0.423 e. The third-order valence-corrected chi connectivity index (χ3v) is 6.06. The van der Waals surface area contributed by atoms with Gasteiger partial charge in [-0.2, -0.15) is 13.2 Å². The molecule has 3 N–H and O–H groups in total. The number of hydrogen-bond acceptors (Lipinski definition) is 4. The highest BCUT2D eigenvalue weighted by Gasteiger charge is 2.55. The molecule has 5 nitrogen and oxygen atoms in total. The maximum atomic E-state index is 13.7. The molecule has 0 aliphatic rings. The van der Waals surface area contributed by atoms with E-state index in [0.717, 1.165) is 12.1 Å². The molecule has 0 bridgehead atoms. The quantitative estimate of drug-likeness (QED) is 0.440. The van der Waals surface area contributed by atoms with Gasteiger partial charge in [0.15, 0.2) is 0 Å². The fraction of sp³-hybridized carbons (Fsp3) is 0.316. The highest BCUT2D eigenvalue weighted by atomic mass is 79.9. The van der Waals surface area contributed by atoms with E-state index in [2.05, 4.69) is 26.6 Å². The lowest BCUT2D eigenvalue weighted by molar-refractivity contribution is -0.260. The molecule has 1 amide bonds. The first-order valence-electron chi connectivity index (χ1n) is 8.66. The first-order valence-corrected chi connectivity index (χ1v) is 11.9. The zero-order chi connectivity index (χ0) is 23.4. The minimum absolute atomic E-state index is 0.0359. The van der Waals surface area contributed by atoms with Gasteiger partial charge in [-0.1, -0.05) is 45.2 Å². The van der Waals surface area contributed by atoms with Gasteiger partial charge in [-0.05, 0) is 41.5 Å². The van der Waals surface area contributed by atoms with Crippen LogP contribution in [0.1, 0.15) is 11.1 Å². The SMILES string of the molecule is C[S@@](=O)CC(=O)NCc1ccc(NC[C@@](O)(c2cc(Cl)cc(Cl)c2)C(F)(F)F)cc1Br. The van der Waals surface area contributed by atoms with E-state index in [4.69, 9.17) is 23.2 Å². The predicted octanol–water partition coefficient (Wildman–Crippen LogP) is 4.61. The van der Waals surface area contributed by atoms with Gasteiger partial charge in [-0.3, -0.25) is 9.00 Å². The average molecular weight is 562 g/mol. The van der Waals surface area contributed by atoms with Crippen LogP contribution in [0.25, 0.3) is 0 Å². The molecule has 0 aromatic heterocycles. The van der Waals surface area contributed by atoms with Crippen molar-refractivity contribution in [3.8, 4) is 0 Å². The Bertz CT molecular complexity index is 974. The van der Waals surface area contributed by atoms with Crippen LogP contribution in [0.5, 0.6) is 0 Å². The number of alkyl halides is 3. The lowest BCUT2D eigenvalue weighted by Gasteiger charge is -2.32. The molecule has 0 aliphatic carbocycles. The number of rotatable bonds is 8. The smallest absolute Gasteiger partial charge is 0.381 e. The molecule has 0 radical (unpaired) electrons. The Hall–Kier alpha value is -1.33. The van der Waals surface area contributed by atoms with E-state index in [1.165, 1.54) is 24.5 Å². The van der Waals surface area contributed by atoms with E-state index in [0.29, 0.717) is 15.7 Å². The Labute approximate surface area is 197 Å². The molecule has 0 spiro atoms. The monoisotopic (exact) mass is 560 g/mol. The Morgan fingerprint density at radius 2 is 1.77 bits per heavy atom. The van der Waals surface area contributed by atoms with Crippen molar-refractivity contribution in [1.82, 2.24) is 5.32 Å². The van der Waals surface area contributed by atoms with Crippen molar-refractivity contribution in [2.45, 2.75) is 18.3 Å². The lowest BCUT2D eigenvalue weighted by atomic mass is 9.92. The zero-order valence-electron chi connectivity index (χ0n) is 16.0. The van der Waals surface area contributed by atoms with E-state index >= 15 is 0 Å². The van der Waals surface area contributed by atoms with Crippen LogP contribution < -0.4 is 10.6 Å². The van der Waals surface area contributed by atoms with Crippen LogP contribution in [-0.4, -0.2) is 40.0 Å². The van der Waals surface area contributed by atoms with E-state index < -0.39 is 34.7 Å². The van der Waals surface area contributed by atoms with Crippen molar-refractivity contribution in [2.75, 3.05) is 23.9 Å². The molecule has 2 atom stereocenters. The number of nitrogens with one attached hydrogen (secondary N) is 2. The highest BCUT2D eigenvalue weighted by molar-refractivity contribution is 9.10. The van der Waals surface area contributed by atoms with Gasteiger partial charge in [0.1, 0.15) is 5.75 Å². The van der Waals surface area contributed by atoms with E-state index in [-0.39, 0.29) is 28.3 Å². The van der Waals surface area contributed by atoms with Gasteiger partial charge < -0.3 is 15.7 Å². The zero-order valence-corrected chi connectivity index (χ0v) is 19.9. The fourth-order valence-corrected chi connectivity index (χ4v) is 4.13. The molecule has 0 saturated carbocycles. The van der Waals surface area contributed by atoms with Crippen molar-refractivity contribution in [2.24, 2.45) is 0 Å². The molecule has 0 saturated heterocycles. The summed E-state index contributed by atoms with van der Waals surface area (Å²) in [7, 11) is -1.27. The van der Waals surface area contributed by atoms with Gasteiger partial charge in [0, 0.05) is 43.8 Å². The molecule has 31 heavy (non-hydrogen) atoms. The third kappa shape index (κ3) is 7.08. The minimum Gasteiger partial charge on any atom is -0.381 e. The summed E-state index contributed by atoms with van der Waals surface area (Å²) >= 11 is 14.9. The minimum atomic E-state index is -5.01. The summed E-state index contributed by atoms with van der Waals surface area (Å²) in [6, 6.07) is 7.90. The number of carbonyl (C=O) groups is 1. The number of benzene rings is 2. The van der Waals surface area contributed by atoms with E-state index in [1.54, 1.807) is 6.07 Å². The predicted molar refractivity (Wildman–Crippen MR) is 120 cm³/mol. The molecule has 12 heteroatoms. The van der Waals surface area contributed by atoms with Crippen LogP contribution in [0.2, 0.25) is 10.0 Å². The van der Waals surface area contributed by atoms with Crippen LogP contribution in [-0.2, 0) is 27.7 Å². The number of amides is 1. The second-order valence-corrected chi connectivity index (χ2v) is 9.83. The van der Waals surface area contributed by atoms with Gasteiger partial charge in [-0.15, -0.1) is 0 Å². The summed E-state index contributed by atoms with van der Waals surface area (Å²) in [5.41, 5.74) is -2.77. The normalized spacial score (nSPS) is 14.6. The van der Waals surface area contributed by atoms with Crippen molar-refractivity contribution >= 4 is 61.5 Å². The van der Waals surface area contributed by atoms with E-state index in [1.807, 2.05) is 0 Å². The number of anilines is 1. The molecular formula is C19H18BrCl2F3N2O3S. The average Bonchev–Trinajstić information content (AvgIpc) is 2.63. The second-order valence-electron chi connectivity index (χ2n) is 6.67. The second kappa shape index (κ2) is 10.5. The molecule has 170 valence electrons. The van der Waals surface area contributed by atoms with Crippen molar-refractivity contribution < 1.29 is 27.3 Å². The molecular weight excluding hydrogens is 544 g/mol. The number of halogens is 6. The molecule has 0 heterocycles. The van der Waals surface area contributed by atoms with Gasteiger partial charge >= 0.3 is 6.18 Å². The van der Waals surface area contributed by atoms with Crippen LogP contribution >= 0.6 is 39.1 Å². The van der Waals surface area contributed by atoms with Crippen LogP contribution in [0.3, 0.4) is 0 Å². The first-order chi connectivity index (χ1) is 14.3. The molecule has 2 rings (SSSR count). The molecule has 0 fully saturated rings. The number of aliphatic hydroxyl groups is 1. The van der Waals surface area contributed by atoms with Crippen LogP contribution in [0, 0.1) is 0 Å². The summed E-state index contributed by atoms with van der Waals surface area (Å²) in [5.74, 6) is -0.508. The Morgan fingerprint density at radius 1 is 1.16 bits per heavy atom. The summed E-state index contributed by atoms with van der Waals surface area (Å²) in [5, 5.41) is 15.6. The van der Waals surface area contributed by atoms with Crippen molar-refractivity contribution in [3.63, 3.8) is 0 Å². The maximum Gasteiger partial charge on any atom is 0.423 e. The van der Waals surface area contributed by atoms with Gasteiger partial charge in [0.25, 0.3) is 0 Å². The molecule has 2 aromatic rings. The Morgan fingerprint density at radius 3 is 2.29 bits per heavy atom. The van der Waals surface area contributed by atoms with Crippen LogP contribution in [0.15, 0.2) is 40.9 Å². The summed E-state index contributed by atoms with van der Waals surface area (Å²) in [6.07, 6.45) is -3.59. The fourth-order valence-electron chi connectivity index (χ4n) is 2.62. The Kier molecular flexibility index (Phi) is 8.80. The Balaban J connectivity index is 2.16. The van der Waals surface area contributed by atoms with Crippen LogP contribution in [0.4, 0.5) is 18.9 Å². The first kappa shape index (κ1) is 25.9. The summed E-state index contributed by atoms with van der Waals surface area (Å²) < 4.78 is 52.7. The third-order valence-electron chi connectivity index (χ3n) is 4.22. The summed E-state index contributed by atoms with van der Waals surface area (Å²) in [4.78, 5) is 11.6. The lowest BCUT2D eigenvalue weighted by Crippen LogP contribution is -2.47. The number of hydrogen-bond donors (Lipinski definition) is 3.